The second-order valence-corrected chi connectivity index (χ2v) is 8.00. The zero-order chi connectivity index (χ0) is 18.6. The van der Waals surface area contributed by atoms with Gasteiger partial charge in [-0.2, -0.15) is 4.31 Å². The Labute approximate surface area is 154 Å². The van der Waals surface area contributed by atoms with Crippen LogP contribution >= 0.6 is 0 Å². The van der Waals surface area contributed by atoms with Crippen LogP contribution in [-0.2, 0) is 16.4 Å². The molecule has 0 atom stereocenters. The maximum atomic E-state index is 12.5. The van der Waals surface area contributed by atoms with Crippen molar-refractivity contribution in [3.05, 3.63) is 54.4 Å². The Morgan fingerprint density at radius 1 is 1.12 bits per heavy atom. The summed E-state index contributed by atoms with van der Waals surface area (Å²) in [7, 11) is -3.43. The van der Waals surface area contributed by atoms with Crippen LogP contribution in [0.15, 0.2) is 53.7 Å². The van der Waals surface area contributed by atoms with Crippen LogP contribution in [0.1, 0.15) is 19.4 Å². The molecule has 6 nitrogen and oxygen atoms in total. The molecule has 0 aliphatic carbocycles. The molecule has 2 aromatic heterocycles. The second kappa shape index (κ2) is 7.88. The Morgan fingerprint density at radius 2 is 1.88 bits per heavy atom. The number of rotatable bonds is 8. The fraction of sp³-hybridized carbons (Fsp3) is 0.316. The number of hydrogen-bond donors (Lipinski definition) is 2. The first-order chi connectivity index (χ1) is 12.6. The first-order valence-corrected chi connectivity index (χ1v) is 10.3. The minimum absolute atomic E-state index is 0.281. The standard InChI is InChI=1S/C19H24N4O2S/c1-3-23(4-2)26(24,25)16-9-10-19(22-14-16)20-12-11-15-13-21-18-8-6-5-7-17(15)18/h5-10,13-14,21H,3-4,11-12H2,1-2H3,(H,20,22)/p+1. The van der Waals surface area contributed by atoms with Gasteiger partial charge in [0.1, 0.15) is 11.1 Å². The van der Waals surface area contributed by atoms with Gasteiger partial charge in [-0.3, -0.25) is 5.32 Å². The van der Waals surface area contributed by atoms with Crippen molar-refractivity contribution in [3.8, 4) is 0 Å². The van der Waals surface area contributed by atoms with Crippen molar-refractivity contribution in [2.45, 2.75) is 25.2 Å². The Bertz CT molecular complexity index is 961. The highest BCUT2D eigenvalue weighted by molar-refractivity contribution is 7.89. The van der Waals surface area contributed by atoms with Gasteiger partial charge >= 0.3 is 0 Å². The number of H-pyrrole nitrogens is 2. The molecule has 0 radical (unpaired) electrons. The minimum atomic E-state index is -3.43. The Morgan fingerprint density at radius 3 is 2.58 bits per heavy atom. The van der Waals surface area contributed by atoms with Gasteiger partial charge in [0.2, 0.25) is 10.0 Å². The maximum absolute atomic E-state index is 12.5. The van der Waals surface area contributed by atoms with Gasteiger partial charge < -0.3 is 4.98 Å². The monoisotopic (exact) mass is 373 g/mol. The normalized spacial score (nSPS) is 12.0. The summed E-state index contributed by atoms with van der Waals surface area (Å²) in [6, 6.07) is 11.6. The summed E-state index contributed by atoms with van der Waals surface area (Å²) in [6.45, 7) is 5.35. The van der Waals surface area contributed by atoms with E-state index in [1.54, 1.807) is 18.3 Å². The Hall–Kier alpha value is -2.38. The number of aromatic amines is 2. The molecule has 3 N–H and O–H groups in total. The SMILES string of the molecule is CCN(CC)S(=O)(=O)c1ccc(NCCc2c[nH]c3ccccc23)[nH+]c1. The fourth-order valence-corrected chi connectivity index (χ4v) is 4.49. The van der Waals surface area contributed by atoms with E-state index in [-0.39, 0.29) is 4.90 Å². The number of benzene rings is 1. The lowest BCUT2D eigenvalue weighted by molar-refractivity contribution is -0.364. The van der Waals surface area contributed by atoms with Crippen molar-refractivity contribution in [3.63, 3.8) is 0 Å². The number of hydrogen-bond acceptors (Lipinski definition) is 3. The van der Waals surface area contributed by atoms with Crippen LogP contribution in [0.5, 0.6) is 0 Å². The number of pyridine rings is 1. The molecule has 0 saturated heterocycles. The van der Waals surface area contributed by atoms with Gasteiger partial charge in [0.15, 0.2) is 0 Å². The molecule has 2 heterocycles. The van der Waals surface area contributed by atoms with Gasteiger partial charge in [-0.15, -0.1) is 0 Å². The summed E-state index contributed by atoms with van der Waals surface area (Å²) >= 11 is 0. The van der Waals surface area contributed by atoms with Crippen molar-refractivity contribution >= 4 is 26.7 Å². The molecule has 1 aromatic carbocycles. The lowest BCUT2D eigenvalue weighted by atomic mass is 10.1. The van der Waals surface area contributed by atoms with Crippen molar-refractivity contribution < 1.29 is 13.4 Å². The van der Waals surface area contributed by atoms with Crippen LogP contribution in [0, 0.1) is 0 Å². The molecular formula is C19H25N4O2S+. The zero-order valence-electron chi connectivity index (χ0n) is 15.1. The molecule has 3 aromatic rings. The second-order valence-electron chi connectivity index (χ2n) is 6.06. The lowest BCUT2D eigenvalue weighted by Crippen LogP contribution is -2.31. The molecule has 0 aliphatic rings. The van der Waals surface area contributed by atoms with Gasteiger partial charge in [0.05, 0.1) is 6.54 Å². The molecule has 0 unspecified atom stereocenters. The number of nitrogens with zero attached hydrogens (tertiary/aromatic N) is 1. The van der Waals surface area contributed by atoms with E-state index in [4.69, 9.17) is 0 Å². The van der Waals surface area contributed by atoms with E-state index >= 15 is 0 Å². The van der Waals surface area contributed by atoms with E-state index in [0.29, 0.717) is 13.1 Å². The van der Waals surface area contributed by atoms with E-state index in [2.05, 4.69) is 27.4 Å². The van der Waals surface area contributed by atoms with E-state index in [1.165, 1.54) is 15.3 Å². The largest absolute Gasteiger partial charge is 0.361 e. The van der Waals surface area contributed by atoms with E-state index in [1.807, 2.05) is 32.2 Å². The molecule has 0 spiro atoms. The summed E-state index contributed by atoms with van der Waals surface area (Å²) in [4.78, 5) is 6.60. The summed E-state index contributed by atoms with van der Waals surface area (Å²) in [5.74, 6) is 0.795. The molecule has 0 bridgehead atoms. The smallest absolute Gasteiger partial charge is 0.272 e. The third kappa shape index (κ3) is 3.73. The van der Waals surface area contributed by atoms with Crippen LogP contribution in [0.3, 0.4) is 0 Å². The predicted molar refractivity (Wildman–Crippen MR) is 104 cm³/mol. The molecule has 7 heteroatoms. The summed E-state index contributed by atoms with van der Waals surface area (Å²) < 4.78 is 26.4. The van der Waals surface area contributed by atoms with Crippen LogP contribution in [0.4, 0.5) is 5.82 Å². The van der Waals surface area contributed by atoms with Crippen molar-refractivity contribution in [1.29, 1.82) is 0 Å². The zero-order valence-corrected chi connectivity index (χ0v) is 15.9. The molecule has 138 valence electrons. The third-order valence-electron chi connectivity index (χ3n) is 4.51. The highest BCUT2D eigenvalue weighted by atomic mass is 32.2. The number of nitrogens with one attached hydrogen (secondary N) is 3. The van der Waals surface area contributed by atoms with E-state index in [0.717, 1.165) is 24.3 Å². The predicted octanol–water partition coefficient (Wildman–Crippen LogP) is 2.67. The summed E-state index contributed by atoms with van der Waals surface area (Å²) in [6.07, 6.45) is 4.45. The van der Waals surface area contributed by atoms with Crippen LogP contribution in [-0.4, -0.2) is 37.3 Å². The number of anilines is 1. The average molecular weight is 374 g/mol. The highest BCUT2D eigenvalue weighted by Gasteiger charge is 2.22. The molecule has 0 saturated carbocycles. The van der Waals surface area contributed by atoms with Crippen LogP contribution < -0.4 is 10.3 Å². The number of fused-ring (bicyclic) bond motifs is 1. The molecule has 3 rings (SSSR count). The molecule has 0 amide bonds. The number of sulfonamides is 1. The average Bonchev–Trinajstić information content (AvgIpc) is 3.06. The quantitative estimate of drug-likeness (QED) is 0.637. The summed E-state index contributed by atoms with van der Waals surface area (Å²) in [5.41, 5.74) is 2.40. The van der Waals surface area contributed by atoms with Gasteiger partial charge in [0, 0.05) is 42.7 Å². The maximum Gasteiger partial charge on any atom is 0.272 e. The first kappa shape index (κ1) is 18.4. The van der Waals surface area contributed by atoms with Gasteiger partial charge in [-0.05, 0) is 17.7 Å². The van der Waals surface area contributed by atoms with Crippen LogP contribution in [0.25, 0.3) is 10.9 Å². The highest BCUT2D eigenvalue weighted by Crippen LogP contribution is 2.18. The van der Waals surface area contributed by atoms with E-state index in [9.17, 15) is 8.42 Å². The Kier molecular flexibility index (Phi) is 5.58. The van der Waals surface area contributed by atoms with Crippen molar-refractivity contribution in [1.82, 2.24) is 9.29 Å². The lowest BCUT2D eigenvalue weighted by Gasteiger charge is -2.17. The number of aromatic nitrogens is 2. The molecule has 26 heavy (non-hydrogen) atoms. The van der Waals surface area contributed by atoms with Crippen molar-refractivity contribution in [2.24, 2.45) is 0 Å². The topological polar surface area (TPSA) is 79.3 Å². The number of para-hydroxylation sites is 1. The summed E-state index contributed by atoms with van der Waals surface area (Å²) in [5, 5.41) is 4.54. The minimum Gasteiger partial charge on any atom is -0.361 e. The molecule has 0 aliphatic heterocycles. The van der Waals surface area contributed by atoms with E-state index < -0.39 is 10.0 Å². The third-order valence-corrected chi connectivity index (χ3v) is 6.56. The van der Waals surface area contributed by atoms with Gasteiger partial charge in [0.25, 0.3) is 5.82 Å². The molecule has 0 fully saturated rings. The molecular weight excluding hydrogens is 348 g/mol. The fourth-order valence-electron chi connectivity index (χ4n) is 3.06. The van der Waals surface area contributed by atoms with Crippen molar-refractivity contribution in [2.75, 3.05) is 25.0 Å². The van der Waals surface area contributed by atoms with Crippen LogP contribution in [0.2, 0.25) is 0 Å². The Balaban J connectivity index is 1.63. The first-order valence-electron chi connectivity index (χ1n) is 8.87. The van der Waals surface area contributed by atoms with Gasteiger partial charge in [-0.25, -0.2) is 13.4 Å². The van der Waals surface area contributed by atoms with Gasteiger partial charge in [-0.1, -0.05) is 32.0 Å².